The summed E-state index contributed by atoms with van der Waals surface area (Å²) in [5.74, 6) is -0.971. The molecule has 0 aromatic heterocycles. The minimum atomic E-state index is -1.13. The van der Waals surface area contributed by atoms with Crippen molar-refractivity contribution >= 4 is 5.97 Å². The molecule has 1 heterocycles. The molecule has 2 aromatic carbocycles. The quantitative estimate of drug-likeness (QED) is 0.840. The first-order valence-electron chi connectivity index (χ1n) is 9.41. The predicted octanol–water partition coefficient (Wildman–Crippen LogP) is 4.34. The van der Waals surface area contributed by atoms with Crippen LogP contribution >= 0.6 is 0 Å². The first kappa shape index (κ1) is 17.3. The molecule has 0 bridgehead atoms. The lowest BCUT2D eigenvalue weighted by atomic mass is 9.85. The molecule has 2 unspecified atom stereocenters. The van der Waals surface area contributed by atoms with Gasteiger partial charge in [-0.2, -0.15) is 0 Å². The summed E-state index contributed by atoms with van der Waals surface area (Å²) in [5.41, 5.74) is 2.60. The van der Waals surface area contributed by atoms with Crippen LogP contribution in [0.1, 0.15) is 60.0 Å². The summed E-state index contributed by atoms with van der Waals surface area (Å²) in [5, 5.41) is 20.9. The van der Waals surface area contributed by atoms with Crippen molar-refractivity contribution in [3.63, 3.8) is 0 Å². The molecule has 0 radical (unpaired) electrons. The fraction of sp³-hybridized carbons (Fsp3) is 0.409. The topological polar surface area (TPSA) is 66.8 Å². The SMILES string of the molecule is O=C(O)c1ccc2c(c1)C(O)(CCCC1CCCCO1)c1ccccc1-2. The Balaban J connectivity index is 1.63. The van der Waals surface area contributed by atoms with Gasteiger partial charge in [0.05, 0.1) is 11.7 Å². The van der Waals surface area contributed by atoms with E-state index in [0.29, 0.717) is 12.0 Å². The van der Waals surface area contributed by atoms with Crippen molar-refractivity contribution in [2.24, 2.45) is 0 Å². The number of rotatable bonds is 5. The van der Waals surface area contributed by atoms with Gasteiger partial charge in [-0.3, -0.25) is 0 Å². The average Bonchev–Trinajstić information content (AvgIpc) is 2.92. The van der Waals surface area contributed by atoms with Crippen molar-refractivity contribution < 1.29 is 19.7 Å². The standard InChI is InChI=1S/C22H24O4/c23-21(24)15-10-11-18-17-8-1-2-9-19(17)22(25,20(18)14-15)12-5-7-16-6-3-4-13-26-16/h1-2,8-11,14,16,25H,3-7,12-13H2,(H,23,24). The Labute approximate surface area is 153 Å². The van der Waals surface area contributed by atoms with Gasteiger partial charge in [0.15, 0.2) is 0 Å². The average molecular weight is 352 g/mol. The molecule has 2 aliphatic rings. The number of aromatic carboxylic acids is 1. The molecule has 0 saturated carbocycles. The summed E-state index contributed by atoms with van der Waals surface area (Å²) in [6.07, 6.45) is 6.06. The van der Waals surface area contributed by atoms with Gasteiger partial charge in [-0.05, 0) is 72.9 Å². The molecule has 136 valence electrons. The van der Waals surface area contributed by atoms with Crippen molar-refractivity contribution in [2.45, 2.75) is 50.2 Å². The summed E-state index contributed by atoms with van der Waals surface area (Å²) in [6, 6.07) is 12.9. The van der Waals surface area contributed by atoms with Gasteiger partial charge in [-0.1, -0.05) is 30.3 Å². The van der Waals surface area contributed by atoms with E-state index in [0.717, 1.165) is 49.0 Å². The van der Waals surface area contributed by atoms with Gasteiger partial charge in [-0.25, -0.2) is 4.79 Å². The van der Waals surface area contributed by atoms with Gasteiger partial charge < -0.3 is 14.9 Å². The van der Waals surface area contributed by atoms with E-state index in [-0.39, 0.29) is 11.7 Å². The van der Waals surface area contributed by atoms with Crippen molar-refractivity contribution in [3.8, 4) is 11.1 Å². The van der Waals surface area contributed by atoms with Gasteiger partial charge >= 0.3 is 5.97 Å². The second-order valence-electron chi connectivity index (χ2n) is 7.35. The maximum Gasteiger partial charge on any atom is 0.335 e. The second kappa shape index (κ2) is 6.86. The zero-order chi connectivity index (χ0) is 18.1. The minimum Gasteiger partial charge on any atom is -0.478 e. The summed E-state index contributed by atoms with van der Waals surface area (Å²) in [7, 11) is 0. The third-order valence-electron chi connectivity index (χ3n) is 5.71. The maximum absolute atomic E-state index is 11.6. The number of carboxylic acids is 1. The van der Waals surface area contributed by atoms with Crippen LogP contribution in [0.5, 0.6) is 0 Å². The van der Waals surface area contributed by atoms with Crippen LogP contribution in [0.25, 0.3) is 11.1 Å². The smallest absolute Gasteiger partial charge is 0.335 e. The highest BCUT2D eigenvalue weighted by molar-refractivity contribution is 5.91. The lowest BCUT2D eigenvalue weighted by Gasteiger charge is -2.28. The fourth-order valence-electron chi connectivity index (χ4n) is 4.37. The van der Waals surface area contributed by atoms with Crippen LogP contribution in [-0.2, 0) is 10.3 Å². The van der Waals surface area contributed by atoms with Crippen LogP contribution in [0.3, 0.4) is 0 Å². The molecule has 0 spiro atoms. The molecule has 26 heavy (non-hydrogen) atoms. The largest absolute Gasteiger partial charge is 0.478 e. The predicted molar refractivity (Wildman–Crippen MR) is 99.3 cm³/mol. The maximum atomic E-state index is 11.6. The summed E-state index contributed by atoms with van der Waals surface area (Å²) < 4.78 is 5.81. The van der Waals surface area contributed by atoms with E-state index in [9.17, 15) is 15.0 Å². The van der Waals surface area contributed by atoms with E-state index in [1.165, 1.54) is 6.42 Å². The Morgan fingerprint density at radius 1 is 1.12 bits per heavy atom. The highest BCUT2D eigenvalue weighted by Crippen LogP contribution is 2.50. The molecule has 1 aliphatic heterocycles. The van der Waals surface area contributed by atoms with E-state index < -0.39 is 11.6 Å². The highest BCUT2D eigenvalue weighted by Gasteiger charge is 2.41. The Hall–Kier alpha value is -2.17. The van der Waals surface area contributed by atoms with Crippen LogP contribution in [-0.4, -0.2) is 28.9 Å². The van der Waals surface area contributed by atoms with Crippen LogP contribution in [0, 0.1) is 0 Å². The third kappa shape index (κ3) is 2.93. The second-order valence-corrected chi connectivity index (χ2v) is 7.35. The molecule has 0 amide bonds. The lowest BCUT2D eigenvalue weighted by molar-refractivity contribution is 0.00371. The minimum absolute atomic E-state index is 0.214. The number of fused-ring (bicyclic) bond motifs is 3. The highest BCUT2D eigenvalue weighted by atomic mass is 16.5. The van der Waals surface area contributed by atoms with E-state index in [4.69, 9.17) is 4.74 Å². The number of carboxylic acid groups (broad SMARTS) is 1. The zero-order valence-electron chi connectivity index (χ0n) is 14.8. The Kier molecular flexibility index (Phi) is 4.55. The van der Waals surface area contributed by atoms with E-state index in [1.54, 1.807) is 12.1 Å². The molecule has 1 aliphatic carbocycles. The molecular weight excluding hydrogens is 328 g/mol. The van der Waals surface area contributed by atoms with Crippen molar-refractivity contribution in [1.29, 1.82) is 0 Å². The molecule has 2 N–H and O–H groups in total. The van der Waals surface area contributed by atoms with Crippen LogP contribution in [0.4, 0.5) is 0 Å². The number of ether oxygens (including phenoxy) is 1. The summed E-state index contributed by atoms with van der Waals surface area (Å²) in [4.78, 5) is 11.4. The number of aliphatic hydroxyl groups is 1. The van der Waals surface area contributed by atoms with Crippen molar-refractivity contribution in [2.75, 3.05) is 6.61 Å². The molecule has 4 nitrogen and oxygen atoms in total. The van der Waals surface area contributed by atoms with Crippen LogP contribution in [0.15, 0.2) is 42.5 Å². The first-order chi connectivity index (χ1) is 12.6. The molecule has 2 aromatic rings. The van der Waals surface area contributed by atoms with E-state index in [2.05, 4.69) is 0 Å². The molecule has 1 saturated heterocycles. The van der Waals surface area contributed by atoms with E-state index in [1.807, 2.05) is 30.3 Å². The summed E-state index contributed by atoms with van der Waals surface area (Å²) >= 11 is 0. The zero-order valence-corrected chi connectivity index (χ0v) is 14.8. The normalized spacial score (nSPS) is 24.1. The Bertz CT molecular complexity index is 823. The molecule has 2 atom stereocenters. The first-order valence-corrected chi connectivity index (χ1v) is 9.41. The number of hydrogen-bond acceptors (Lipinski definition) is 3. The van der Waals surface area contributed by atoms with Crippen LogP contribution < -0.4 is 0 Å². The molecular formula is C22H24O4. The Morgan fingerprint density at radius 3 is 2.69 bits per heavy atom. The summed E-state index contributed by atoms with van der Waals surface area (Å²) in [6.45, 7) is 0.836. The van der Waals surface area contributed by atoms with Gasteiger partial charge in [-0.15, -0.1) is 0 Å². The third-order valence-corrected chi connectivity index (χ3v) is 5.71. The van der Waals surface area contributed by atoms with Crippen LogP contribution in [0.2, 0.25) is 0 Å². The number of benzene rings is 2. The van der Waals surface area contributed by atoms with E-state index >= 15 is 0 Å². The van der Waals surface area contributed by atoms with Crippen molar-refractivity contribution in [1.82, 2.24) is 0 Å². The Morgan fingerprint density at radius 2 is 1.92 bits per heavy atom. The van der Waals surface area contributed by atoms with Gasteiger partial charge in [0.1, 0.15) is 5.60 Å². The van der Waals surface area contributed by atoms with Gasteiger partial charge in [0.2, 0.25) is 0 Å². The fourth-order valence-corrected chi connectivity index (χ4v) is 4.37. The number of hydrogen-bond donors (Lipinski definition) is 2. The lowest BCUT2D eigenvalue weighted by Crippen LogP contribution is -2.26. The molecule has 1 fully saturated rings. The number of carbonyl (C=O) groups is 1. The van der Waals surface area contributed by atoms with Crippen molar-refractivity contribution in [3.05, 3.63) is 59.2 Å². The van der Waals surface area contributed by atoms with Gasteiger partial charge in [0.25, 0.3) is 0 Å². The van der Waals surface area contributed by atoms with Gasteiger partial charge in [0, 0.05) is 6.61 Å². The molecule has 4 rings (SSSR count). The molecule has 4 heteroatoms. The monoisotopic (exact) mass is 352 g/mol.